The van der Waals surface area contributed by atoms with E-state index in [0.29, 0.717) is 36.3 Å². The van der Waals surface area contributed by atoms with Gasteiger partial charge in [-0.1, -0.05) is 60.7 Å². The van der Waals surface area contributed by atoms with E-state index in [9.17, 15) is 24.1 Å². The fraction of sp³-hybridized carbons (Fsp3) is 0.341. The number of likely N-dealkylation sites (tertiary alicyclic amines) is 2. The Morgan fingerprint density at radius 2 is 1.69 bits per heavy atom. The summed E-state index contributed by atoms with van der Waals surface area (Å²) in [4.78, 5) is 37.4. The molecule has 4 aliphatic rings. The predicted molar refractivity (Wildman–Crippen MR) is 208 cm³/mol. The first-order valence-corrected chi connectivity index (χ1v) is 19.3. The lowest BCUT2D eigenvalue weighted by Crippen LogP contribution is -2.48. The molecule has 3 aliphatic heterocycles. The van der Waals surface area contributed by atoms with Crippen LogP contribution in [0.5, 0.6) is 11.5 Å². The fourth-order valence-corrected chi connectivity index (χ4v) is 9.07. The van der Waals surface area contributed by atoms with Gasteiger partial charge in [0, 0.05) is 31.9 Å². The van der Waals surface area contributed by atoms with Crippen molar-refractivity contribution in [1.29, 1.82) is 0 Å². The summed E-state index contributed by atoms with van der Waals surface area (Å²) >= 11 is 0. The number of amides is 2. The maximum Gasteiger partial charge on any atom is 0.455 e. The third-order valence-electron chi connectivity index (χ3n) is 11.7. The van der Waals surface area contributed by atoms with Gasteiger partial charge in [-0.25, -0.2) is 4.39 Å². The Hall–Kier alpha value is -5.10. The molecule has 0 saturated carbocycles. The highest BCUT2D eigenvalue weighted by Crippen LogP contribution is 2.51. The molecule has 55 heavy (non-hydrogen) atoms. The minimum absolute atomic E-state index is 0.119. The first kappa shape index (κ1) is 36.9. The Labute approximate surface area is 321 Å². The molecule has 11 heteroatoms. The summed E-state index contributed by atoms with van der Waals surface area (Å²) in [6, 6.07) is 29.5. The van der Waals surface area contributed by atoms with Crippen LogP contribution in [-0.2, 0) is 20.8 Å². The fourth-order valence-electron chi connectivity index (χ4n) is 9.07. The summed E-state index contributed by atoms with van der Waals surface area (Å²) in [6.07, 6.45) is 5.89. The van der Waals surface area contributed by atoms with Gasteiger partial charge in [-0.3, -0.25) is 24.4 Å². The zero-order chi connectivity index (χ0) is 37.9. The highest BCUT2D eigenvalue weighted by molar-refractivity contribution is 6.43. The molecule has 0 spiro atoms. The summed E-state index contributed by atoms with van der Waals surface area (Å²) in [5.41, 5.74) is 5.19. The van der Waals surface area contributed by atoms with Crippen LogP contribution in [0.1, 0.15) is 48.9 Å². The highest BCUT2D eigenvalue weighted by atomic mass is 19.1. The van der Waals surface area contributed by atoms with Crippen LogP contribution in [0.3, 0.4) is 0 Å². The van der Waals surface area contributed by atoms with E-state index in [0.717, 1.165) is 49.2 Å². The summed E-state index contributed by atoms with van der Waals surface area (Å²) in [5.74, 6) is -2.22. The molecule has 4 atom stereocenters. The second kappa shape index (κ2) is 16.3. The van der Waals surface area contributed by atoms with E-state index in [1.165, 1.54) is 17.7 Å². The smallest absolute Gasteiger partial charge is 0.455 e. The van der Waals surface area contributed by atoms with Gasteiger partial charge < -0.3 is 19.5 Å². The molecule has 282 valence electrons. The highest BCUT2D eigenvalue weighted by Gasteiger charge is 2.58. The van der Waals surface area contributed by atoms with Crippen molar-refractivity contribution in [3.8, 4) is 11.5 Å². The van der Waals surface area contributed by atoms with Crippen molar-refractivity contribution in [1.82, 2.24) is 14.8 Å². The van der Waals surface area contributed by atoms with Gasteiger partial charge in [0.2, 0.25) is 11.8 Å². The Balaban J connectivity index is 1.07. The Morgan fingerprint density at radius 1 is 0.945 bits per heavy atom. The molecule has 4 aromatic rings. The molecular formula is C44H45BFN3O6. The van der Waals surface area contributed by atoms with Gasteiger partial charge in [0.1, 0.15) is 12.4 Å². The number of carbonyl (C=O) groups excluding carboxylic acids is 2. The van der Waals surface area contributed by atoms with Gasteiger partial charge in [-0.05, 0) is 115 Å². The number of imide groups is 1. The molecule has 0 unspecified atom stereocenters. The number of fused-ring (bicyclic) bond motifs is 3. The minimum Gasteiger partial charge on any atom is -0.505 e. The number of aromatic nitrogens is 1. The van der Waals surface area contributed by atoms with Crippen molar-refractivity contribution >= 4 is 30.6 Å². The van der Waals surface area contributed by atoms with Crippen LogP contribution >= 0.6 is 0 Å². The van der Waals surface area contributed by atoms with Crippen LogP contribution < -0.4 is 4.74 Å². The second-order valence-corrected chi connectivity index (χ2v) is 15.1. The first-order chi connectivity index (χ1) is 26.8. The van der Waals surface area contributed by atoms with Crippen molar-refractivity contribution in [3.05, 3.63) is 137 Å². The Morgan fingerprint density at radius 3 is 2.42 bits per heavy atom. The predicted octanol–water partition coefficient (Wildman–Crippen LogP) is 6.79. The van der Waals surface area contributed by atoms with Gasteiger partial charge in [0.25, 0.3) is 0 Å². The maximum absolute atomic E-state index is 14.5. The molecule has 3 saturated heterocycles. The largest absolute Gasteiger partial charge is 0.505 e. The van der Waals surface area contributed by atoms with Crippen LogP contribution in [0, 0.1) is 23.6 Å². The lowest BCUT2D eigenvalue weighted by atomic mass is 9.58. The van der Waals surface area contributed by atoms with Crippen LogP contribution in [0.15, 0.2) is 114 Å². The van der Waals surface area contributed by atoms with Gasteiger partial charge >= 0.3 is 7.12 Å². The normalized spacial score (nSPS) is 23.6. The zero-order valence-electron chi connectivity index (χ0n) is 30.7. The standard InChI is InChI=1S/C44H45BFN3O6/c46-37-24-30(14-16-39(37)50)23-31(38-13-7-8-20-47-38)15-17-40-41-32(28-54-34-11-5-2-6-12-34)25-35-42(36(41)26-45(53)55-40)44(52)49(43(35)51)33-18-21-48(22-19-33)27-29-9-3-1-4-10-29/h1-14,16,20,23-24,33,35-36,40,42,50,53H,15,17-19,21-22,25-28H2/b31-23-/t35-,36+,40-,42-/m1/s1. The van der Waals surface area contributed by atoms with Crippen LogP contribution in [0.4, 0.5) is 4.39 Å². The quantitative estimate of drug-likeness (QED) is 0.0983. The molecular weight excluding hydrogens is 696 g/mol. The Kier molecular flexibility index (Phi) is 10.9. The first-order valence-electron chi connectivity index (χ1n) is 19.3. The second-order valence-electron chi connectivity index (χ2n) is 15.1. The van der Waals surface area contributed by atoms with Gasteiger partial charge in [-0.2, -0.15) is 0 Å². The van der Waals surface area contributed by atoms with Crippen LogP contribution in [0.25, 0.3) is 11.6 Å². The maximum atomic E-state index is 14.5. The number of para-hydroxylation sites is 1. The van der Waals surface area contributed by atoms with E-state index in [-0.39, 0.29) is 30.8 Å². The number of carbonyl (C=O) groups is 2. The third kappa shape index (κ3) is 8.01. The molecule has 2 amide bonds. The molecule has 0 bridgehead atoms. The number of hydrogen-bond donors (Lipinski definition) is 2. The van der Waals surface area contributed by atoms with E-state index < -0.39 is 42.5 Å². The van der Waals surface area contributed by atoms with Crippen molar-refractivity contribution < 1.29 is 33.5 Å². The molecule has 3 aromatic carbocycles. The number of rotatable bonds is 11. The lowest BCUT2D eigenvalue weighted by molar-refractivity contribution is -0.144. The van der Waals surface area contributed by atoms with Crippen LogP contribution in [0.2, 0.25) is 6.32 Å². The van der Waals surface area contributed by atoms with Crippen LogP contribution in [-0.4, -0.2) is 75.7 Å². The summed E-state index contributed by atoms with van der Waals surface area (Å²) < 4.78 is 27.0. The van der Waals surface area contributed by atoms with Crippen molar-refractivity contribution in [2.75, 3.05) is 19.7 Å². The van der Waals surface area contributed by atoms with Crippen molar-refractivity contribution in [2.45, 2.75) is 57.1 Å². The monoisotopic (exact) mass is 741 g/mol. The molecule has 0 radical (unpaired) electrons. The number of aromatic hydroxyl groups is 1. The molecule has 2 N–H and O–H groups in total. The SMILES string of the molecule is O=C1[C@@H]2[C@@H](CC(COc3ccccc3)=C3[C@@H](CC/C(=C/c4ccc(O)c(F)c4)c4ccccn4)OB(O)C[C@@H]32)C(=O)N1C1CCN(Cc2ccccc2)CC1. The summed E-state index contributed by atoms with van der Waals surface area (Å²) in [6.45, 7) is 2.66. The van der Waals surface area contributed by atoms with Crippen molar-refractivity contribution in [2.24, 2.45) is 17.8 Å². The topological polar surface area (TPSA) is 112 Å². The number of hydrogen-bond acceptors (Lipinski definition) is 8. The Bertz CT molecular complexity index is 2060. The number of allylic oxidation sites excluding steroid dienone is 1. The number of phenols is 1. The number of benzene rings is 3. The number of phenolic OH excluding ortho intramolecular Hbond substituents is 1. The summed E-state index contributed by atoms with van der Waals surface area (Å²) in [5, 5.41) is 21.0. The molecule has 3 fully saturated rings. The minimum atomic E-state index is -1.12. The molecule has 1 aliphatic carbocycles. The average molecular weight is 742 g/mol. The number of halogens is 1. The molecule has 4 heterocycles. The van der Waals surface area contributed by atoms with E-state index in [1.807, 2.05) is 72.8 Å². The zero-order valence-corrected chi connectivity index (χ0v) is 30.7. The van der Waals surface area contributed by atoms with Gasteiger partial charge in [0.15, 0.2) is 11.6 Å². The number of ether oxygens (including phenoxy) is 1. The average Bonchev–Trinajstić information content (AvgIpc) is 3.46. The van der Waals surface area contributed by atoms with E-state index in [2.05, 4.69) is 22.0 Å². The lowest BCUT2D eigenvalue weighted by Gasteiger charge is -2.43. The van der Waals surface area contributed by atoms with E-state index >= 15 is 0 Å². The summed E-state index contributed by atoms with van der Waals surface area (Å²) in [7, 11) is -1.12. The van der Waals surface area contributed by atoms with Crippen molar-refractivity contribution in [3.63, 3.8) is 0 Å². The molecule has 8 rings (SSSR count). The van der Waals surface area contributed by atoms with E-state index in [4.69, 9.17) is 9.39 Å². The molecule has 1 aromatic heterocycles. The number of piperidine rings is 1. The van der Waals surface area contributed by atoms with Gasteiger partial charge in [0.05, 0.1) is 23.6 Å². The third-order valence-corrected chi connectivity index (χ3v) is 11.7. The number of pyridine rings is 1. The van der Waals surface area contributed by atoms with E-state index in [1.54, 1.807) is 17.2 Å². The van der Waals surface area contributed by atoms with Gasteiger partial charge in [-0.15, -0.1) is 0 Å². The molecule has 9 nitrogen and oxygen atoms in total. The number of nitrogens with zero attached hydrogens (tertiary/aromatic N) is 3.